The van der Waals surface area contributed by atoms with Crippen LogP contribution < -0.4 is 5.43 Å². The first kappa shape index (κ1) is 17.6. The lowest BCUT2D eigenvalue weighted by Gasteiger charge is -2.23. The van der Waals surface area contributed by atoms with Gasteiger partial charge < -0.3 is 24.8 Å². The number of aliphatic hydroxyl groups excluding tert-OH is 2. The third kappa shape index (κ3) is 5.84. The molecule has 0 bridgehead atoms. The minimum Gasteiger partial charge on any atom is -0.503 e. The molecule has 0 amide bonds. The van der Waals surface area contributed by atoms with E-state index in [4.69, 9.17) is 10.2 Å². The number of aromatic hydroxyl groups is 1. The zero-order valence-corrected chi connectivity index (χ0v) is 12.7. The van der Waals surface area contributed by atoms with Crippen molar-refractivity contribution in [3.63, 3.8) is 0 Å². The largest absolute Gasteiger partial charge is 0.503 e. The molecule has 0 atom stereocenters. The van der Waals surface area contributed by atoms with Crippen LogP contribution in [0.25, 0.3) is 0 Å². The Bertz CT molecular complexity index is 482. The van der Waals surface area contributed by atoms with Crippen LogP contribution in [0.2, 0.25) is 0 Å². The van der Waals surface area contributed by atoms with Gasteiger partial charge in [-0.25, -0.2) is 0 Å². The minimum atomic E-state index is -0.418. The molecule has 1 rings (SSSR count). The smallest absolute Gasteiger partial charge is 0.223 e. The van der Waals surface area contributed by atoms with Gasteiger partial charge in [0.15, 0.2) is 5.75 Å². The highest BCUT2D eigenvalue weighted by molar-refractivity contribution is 5.20. The Labute approximate surface area is 124 Å². The number of aromatic nitrogens is 1. The molecule has 3 N–H and O–H groups in total. The summed E-state index contributed by atoms with van der Waals surface area (Å²) >= 11 is 0. The fourth-order valence-electron chi connectivity index (χ4n) is 2.04. The maximum absolute atomic E-state index is 11.6. The standard InChI is InChI=1S/C14H25N3O4/c1-15(2)3-4-17-11-14(21)13(20)9-12(17)10-16(5-7-18)6-8-19/h9,11,18-19,21H,3-8,10H2,1-2H3. The molecule has 0 fully saturated rings. The van der Waals surface area contributed by atoms with E-state index in [1.807, 2.05) is 28.5 Å². The van der Waals surface area contributed by atoms with Gasteiger partial charge in [-0.05, 0) is 14.1 Å². The number of aliphatic hydroxyl groups is 2. The van der Waals surface area contributed by atoms with Crippen LogP contribution in [0, 0.1) is 0 Å². The fourth-order valence-corrected chi connectivity index (χ4v) is 2.04. The molecule has 7 nitrogen and oxygen atoms in total. The van der Waals surface area contributed by atoms with E-state index < -0.39 is 5.43 Å². The number of hydrogen-bond donors (Lipinski definition) is 3. The Hall–Kier alpha value is -1.41. The molecule has 1 heterocycles. The second-order valence-corrected chi connectivity index (χ2v) is 5.23. The van der Waals surface area contributed by atoms with E-state index in [9.17, 15) is 9.90 Å². The van der Waals surface area contributed by atoms with Crippen molar-refractivity contribution < 1.29 is 15.3 Å². The summed E-state index contributed by atoms with van der Waals surface area (Å²) in [6.07, 6.45) is 1.44. The van der Waals surface area contributed by atoms with Gasteiger partial charge in [-0.2, -0.15) is 0 Å². The first-order chi connectivity index (χ1) is 9.97. The highest BCUT2D eigenvalue weighted by Crippen LogP contribution is 2.08. The molecule has 0 spiro atoms. The number of rotatable bonds is 9. The first-order valence-electron chi connectivity index (χ1n) is 6.99. The Morgan fingerprint density at radius 2 is 1.76 bits per heavy atom. The van der Waals surface area contributed by atoms with E-state index in [0.717, 1.165) is 12.2 Å². The average Bonchev–Trinajstić information content (AvgIpc) is 2.41. The van der Waals surface area contributed by atoms with E-state index >= 15 is 0 Å². The summed E-state index contributed by atoms with van der Waals surface area (Å²) in [5, 5.41) is 27.7. The van der Waals surface area contributed by atoms with Crippen molar-refractivity contribution in [3.8, 4) is 5.75 Å². The number of likely N-dealkylation sites (N-methyl/N-ethyl adjacent to an activating group) is 1. The lowest BCUT2D eigenvalue weighted by molar-refractivity contribution is 0.153. The van der Waals surface area contributed by atoms with E-state index in [0.29, 0.717) is 26.2 Å². The van der Waals surface area contributed by atoms with Crippen LogP contribution >= 0.6 is 0 Å². The predicted molar refractivity (Wildman–Crippen MR) is 80.4 cm³/mol. The maximum Gasteiger partial charge on any atom is 0.223 e. The molecule has 1 aromatic heterocycles. The van der Waals surface area contributed by atoms with Gasteiger partial charge in [-0.1, -0.05) is 0 Å². The normalized spacial score (nSPS) is 11.5. The lowest BCUT2D eigenvalue weighted by Crippen LogP contribution is -2.32. The van der Waals surface area contributed by atoms with Gasteiger partial charge in [0.25, 0.3) is 0 Å². The zero-order chi connectivity index (χ0) is 15.8. The molecule has 1 aromatic rings. The average molecular weight is 299 g/mol. The summed E-state index contributed by atoms with van der Waals surface area (Å²) in [6, 6.07) is 1.41. The lowest BCUT2D eigenvalue weighted by atomic mass is 10.2. The van der Waals surface area contributed by atoms with Gasteiger partial charge in [-0.15, -0.1) is 0 Å². The van der Waals surface area contributed by atoms with Crippen molar-refractivity contribution in [2.45, 2.75) is 13.1 Å². The van der Waals surface area contributed by atoms with Crippen molar-refractivity contribution in [3.05, 3.63) is 28.2 Å². The Morgan fingerprint density at radius 1 is 1.14 bits per heavy atom. The molecule has 0 unspecified atom stereocenters. The SMILES string of the molecule is CN(C)CCn1cc(O)c(=O)cc1CN(CCO)CCO. The second-order valence-electron chi connectivity index (χ2n) is 5.23. The Kier molecular flexibility index (Phi) is 7.38. The van der Waals surface area contributed by atoms with Crippen molar-refractivity contribution in [2.75, 3.05) is 46.9 Å². The molecule has 0 saturated heterocycles. The molecule has 21 heavy (non-hydrogen) atoms. The molecular weight excluding hydrogens is 274 g/mol. The summed E-state index contributed by atoms with van der Waals surface area (Å²) in [5.74, 6) is -0.270. The van der Waals surface area contributed by atoms with Crippen molar-refractivity contribution in [1.82, 2.24) is 14.4 Å². The van der Waals surface area contributed by atoms with E-state index in [1.54, 1.807) is 0 Å². The second kappa shape index (κ2) is 8.78. The zero-order valence-electron chi connectivity index (χ0n) is 12.7. The molecule has 0 saturated carbocycles. The van der Waals surface area contributed by atoms with Crippen LogP contribution in [0.1, 0.15) is 5.69 Å². The van der Waals surface area contributed by atoms with E-state index in [2.05, 4.69) is 0 Å². The van der Waals surface area contributed by atoms with E-state index in [-0.39, 0.29) is 19.0 Å². The monoisotopic (exact) mass is 299 g/mol. The van der Waals surface area contributed by atoms with Crippen LogP contribution in [-0.2, 0) is 13.1 Å². The van der Waals surface area contributed by atoms with Crippen molar-refractivity contribution in [1.29, 1.82) is 0 Å². The van der Waals surface area contributed by atoms with Gasteiger partial charge >= 0.3 is 0 Å². The van der Waals surface area contributed by atoms with Gasteiger partial charge in [0.2, 0.25) is 5.43 Å². The van der Waals surface area contributed by atoms with Crippen LogP contribution in [0.15, 0.2) is 17.1 Å². The van der Waals surface area contributed by atoms with E-state index in [1.165, 1.54) is 12.3 Å². The summed E-state index contributed by atoms with van der Waals surface area (Å²) in [6.45, 7) is 2.66. The molecule has 0 aliphatic rings. The first-order valence-corrected chi connectivity index (χ1v) is 6.99. The quantitative estimate of drug-likeness (QED) is 0.536. The van der Waals surface area contributed by atoms with Crippen LogP contribution in [0.3, 0.4) is 0 Å². The van der Waals surface area contributed by atoms with Crippen LogP contribution in [-0.4, -0.2) is 76.6 Å². The summed E-state index contributed by atoms with van der Waals surface area (Å²) in [5.41, 5.74) is 0.334. The van der Waals surface area contributed by atoms with Crippen molar-refractivity contribution >= 4 is 0 Å². The van der Waals surface area contributed by atoms with Crippen LogP contribution in [0.5, 0.6) is 5.75 Å². The molecule has 7 heteroatoms. The Morgan fingerprint density at radius 3 is 2.29 bits per heavy atom. The molecule has 0 aromatic carbocycles. The minimum absolute atomic E-state index is 0.0139. The molecule has 0 radical (unpaired) electrons. The molecule has 0 aliphatic heterocycles. The summed E-state index contributed by atoms with van der Waals surface area (Å²) in [7, 11) is 3.90. The van der Waals surface area contributed by atoms with Gasteiger partial charge in [0, 0.05) is 44.5 Å². The van der Waals surface area contributed by atoms with Crippen molar-refractivity contribution in [2.24, 2.45) is 0 Å². The topological polar surface area (TPSA) is 89.2 Å². The number of hydrogen-bond acceptors (Lipinski definition) is 6. The summed E-state index contributed by atoms with van der Waals surface area (Å²) in [4.78, 5) is 15.5. The van der Waals surface area contributed by atoms with Gasteiger partial charge in [-0.3, -0.25) is 9.69 Å². The maximum atomic E-state index is 11.6. The highest BCUT2D eigenvalue weighted by atomic mass is 16.3. The number of nitrogens with zero attached hydrogens (tertiary/aromatic N) is 3. The highest BCUT2D eigenvalue weighted by Gasteiger charge is 2.11. The molecule has 120 valence electrons. The molecule has 0 aliphatic carbocycles. The third-order valence-electron chi connectivity index (χ3n) is 3.20. The summed E-state index contributed by atoms with van der Waals surface area (Å²) < 4.78 is 1.83. The third-order valence-corrected chi connectivity index (χ3v) is 3.20. The fraction of sp³-hybridized carbons (Fsp3) is 0.643. The predicted octanol–water partition coefficient (Wildman–Crippen LogP) is -1.10. The number of pyridine rings is 1. The molecular formula is C14H25N3O4. The van der Waals surface area contributed by atoms with Gasteiger partial charge in [0.1, 0.15) is 0 Å². The van der Waals surface area contributed by atoms with Crippen LogP contribution in [0.4, 0.5) is 0 Å². The van der Waals surface area contributed by atoms with Gasteiger partial charge in [0.05, 0.1) is 19.4 Å². The Balaban J connectivity index is 2.96.